The summed E-state index contributed by atoms with van der Waals surface area (Å²) in [6.45, 7) is 11.3. The van der Waals surface area contributed by atoms with Crippen LogP contribution in [-0.2, 0) is 17.8 Å². The maximum atomic E-state index is 12.6. The highest BCUT2D eigenvalue weighted by molar-refractivity contribution is 5.86. The monoisotopic (exact) mass is 677 g/mol. The van der Waals surface area contributed by atoms with Gasteiger partial charge in [-0.3, -0.25) is 4.90 Å². The number of piperidine rings is 3. The number of ether oxygens (including phenoxy) is 1. The van der Waals surface area contributed by atoms with Gasteiger partial charge in [0.15, 0.2) is 5.65 Å². The third-order valence-corrected chi connectivity index (χ3v) is 12.0. The third-order valence-electron chi connectivity index (χ3n) is 12.0. The van der Waals surface area contributed by atoms with Crippen LogP contribution in [0.5, 0.6) is 5.75 Å². The number of aromatic nitrogens is 3. The lowest BCUT2D eigenvalue weighted by atomic mass is 9.91. The largest absolute Gasteiger partial charge is 0.507 e. The van der Waals surface area contributed by atoms with Crippen LogP contribution in [0, 0.1) is 5.92 Å². The van der Waals surface area contributed by atoms with Crippen molar-refractivity contribution >= 4 is 17.1 Å². The Kier molecular flexibility index (Phi) is 9.75. The molecular weight excluding hydrogens is 626 g/mol. The van der Waals surface area contributed by atoms with Gasteiger partial charge in [0.25, 0.3) is 0 Å². The molecule has 8 rings (SSSR count). The lowest BCUT2D eigenvalue weighted by molar-refractivity contribution is 0.0335. The van der Waals surface area contributed by atoms with Crippen molar-refractivity contribution in [3.8, 4) is 17.0 Å². The maximum absolute atomic E-state index is 12.6. The van der Waals surface area contributed by atoms with Crippen LogP contribution in [0.4, 0.5) is 4.79 Å². The molecule has 2 N–H and O–H groups in total. The highest BCUT2D eigenvalue weighted by atomic mass is 16.6. The van der Waals surface area contributed by atoms with E-state index in [1.54, 1.807) is 6.07 Å². The molecule has 4 aliphatic rings. The molecule has 264 valence electrons. The van der Waals surface area contributed by atoms with E-state index in [9.17, 15) is 9.90 Å². The van der Waals surface area contributed by atoms with E-state index in [0.717, 1.165) is 67.6 Å². The lowest BCUT2D eigenvalue weighted by Crippen LogP contribution is -2.52. The third kappa shape index (κ3) is 6.98. The number of aromatic hydroxyl groups is 1. The van der Waals surface area contributed by atoms with Crippen molar-refractivity contribution in [3.05, 3.63) is 77.5 Å². The fourth-order valence-electron chi connectivity index (χ4n) is 9.18. The summed E-state index contributed by atoms with van der Waals surface area (Å²) in [5, 5.41) is 20.5. The second kappa shape index (κ2) is 14.7. The molecule has 0 unspecified atom stereocenters. The Balaban J connectivity index is 0.791. The van der Waals surface area contributed by atoms with Crippen molar-refractivity contribution in [1.82, 2.24) is 34.8 Å². The van der Waals surface area contributed by atoms with E-state index in [0.29, 0.717) is 36.3 Å². The Morgan fingerprint density at radius 2 is 1.58 bits per heavy atom. The van der Waals surface area contributed by atoms with Gasteiger partial charge in [0.05, 0.1) is 5.69 Å². The van der Waals surface area contributed by atoms with E-state index < -0.39 is 0 Å². The number of fused-ring (bicyclic) bond motifs is 3. The van der Waals surface area contributed by atoms with E-state index in [1.807, 2.05) is 53.4 Å². The smallest absolute Gasteiger partial charge is 0.410 e. The number of amides is 1. The van der Waals surface area contributed by atoms with E-state index in [-0.39, 0.29) is 11.8 Å². The number of phenolic OH excluding ortho intramolecular Hbond substituents is 1. The fourth-order valence-corrected chi connectivity index (χ4v) is 9.18. The van der Waals surface area contributed by atoms with Crippen LogP contribution in [0.3, 0.4) is 0 Å². The summed E-state index contributed by atoms with van der Waals surface area (Å²) >= 11 is 0. The van der Waals surface area contributed by atoms with E-state index >= 15 is 0 Å². The zero-order chi connectivity index (χ0) is 34.0. The normalized spacial score (nSPS) is 22.2. The number of nitrogens with one attached hydrogen (secondary N) is 1. The minimum Gasteiger partial charge on any atom is -0.507 e. The van der Waals surface area contributed by atoms with Crippen LogP contribution in [0.25, 0.3) is 22.3 Å². The number of rotatable bonds is 7. The van der Waals surface area contributed by atoms with Crippen molar-refractivity contribution in [1.29, 1.82) is 0 Å². The van der Waals surface area contributed by atoms with Gasteiger partial charge in [0.1, 0.15) is 12.4 Å². The molecule has 0 bridgehead atoms. The second-order valence-corrected chi connectivity index (χ2v) is 15.0. The summed E-state index contributed by atoms with van der Waals surface area (Å²) in [7, 11) is 0. The second-order valence-electron chi connectivity index (χ2n) is 15.0. The SMILES string of the molecule is C[C@@H]1c2c([nH]c3nnc(-c4ccccc4O)cc23)CCN1C1CCN(C2CCN(CC3CCN(C(=O)OCc4ccccc4)CC3)CC2)CC1. The predicted octanol–water partition coefficient (Wildman–Crippen LogP) is 6.23. The number of nitrogens with zero attached hydrogens (tertiary/aromatic N) is 6. The van der Waals surface area contributed by atoms with Gasteiger partial charge in [0, 0.05) is 67.4 Å². The first-order valence-electron chi connectivity index (χ1n) is 18.8. The number of hydrogen-bond acceptors (Lipinski definition) is 8. The molecule has 6 heterocycles. The van der Waals surface area contributed by atoms with Gasteiger partial charge >= 0.3 is 6.09 Å². The Morgan fingerprint density at radius 3 is 2.34 bits per heavy atom. The Labute approximate surface area is 295 Å². The van der Waals surface area contributed by atoms with Gasteiger partial charge < -0.3 is 29.5 Å². The Morgan fingerprint density at radius 1 is 0.860 bits per heavy atom. The van der Waals surface area contributed by atoms with Crippen LogP contribution in [0.2, 0.25) is 0 Å². The van der Waals surface area contributed by atoms with E-state index in [4.69, 9.17) is 4.74 Å². The standard InChI is InChI=1S/C40H51N7O3/c1-28-38-34-25-36(33-9-5-6-10-37(33)48)42-43-39(34)41-35(38)17-24-47(28)32-15-22-45(23-16-32)31-13-18-44(19-14-31)26-29-11-20-46(21-12-29)40(49)50-27-30-7-3-2-4-8-30/h2-10,25,28-29,31-32,48H,11-24,26-27H2,1H3,(H,41,43)/t28-/m1/s1. The predicted molar refractivity (Wildman–Crippen MR) is 195 cm³/mol. The molecule has 2 aromatic carbocycles. The number of benzene rings is 2. The number of para-hydroxylation sites is 1. The summed E-state index contributed by atoms with van der Waals surface area (Å²) in [5.41, 5.74) is 5.93. The number of phenols is 1. The Hall–Kier alpha value is -3.99. The molecule has 3 fully saturated rings. The average Bonchev–Trinajstić information content (AvgIpc) is 3.54. The number of likely N-dealkylation sites (tertiary alicyclic amines) is 3. The average molecular weight is 678 g/mol. The molecule has 3 saturated heterocycles. The number of hydrogen-bond donors (Lipinski definition) is 2. The van der Waals surface area contributed by atoms with Gasteiger partial charge in [-0.05, 0) is 107 Å². The van der Waals surface area contributed by atoms with E-state index in [2.05, 4.69) is 42.9 Å². The first kappa shape index (κ1) is 33.2. The number of H-pyrrole nitrogens is 1. The molecule has 0 saturated carbocycles. The summed E-state index contributed by atoms with van der Waals surface area (Å²) < 4.78 is 5.57. The zero-order valence-corrected chi connectivity index (χ0v) is 29.3. The zero-order valence-electron chi connectivity index (χ0n) is 29.3. The number of carbonyl (C=O) groups excluding carboxylic acids is 1. The molecule has 1 amide bonds. The molecule has 0 radical (unpaired) electrons. The first-order valence-corrected chi connectivity index (χ1v) is 18.8. The summed E-state index contributed by atoms with van der Waals surface area (Å²) in [4.78, 5) is 26.3. The summed E-state index contributed by atoms with van der Waals surface area (Å²) in [5.74, 6) is 0.891. The van der Waals surface area contributed by atoms with Crippen LogP contribution in [-0.4, -0.2) is 110 Å². The molecule has 4 aromatic rings. The van der Waals surface area contributed by atoms with Crippen molar-refractivity contribution in [3.63, 3.8) is 0 Å². The van der Waals surface area contributed by atoms with Crippen molar-refractivity contribution < 1.29 is 14.6 Å². The fraction of sp³-hybridized carbons (Fsp3) is 0.525. The number of carbonyl (C=O) groups is 1. The highest BCUT2D eigenvalue weighted by Gasteiger charge is 2.36. The minimum absolute atomic E-state index is 0.177. The van der Waals surface area contributed by atoms with Crippen molar-refractivity contribution in [2.24, 2.45) is 5.92 Å². The van der Waals surface area contributed by atoms with Gasteiger partial charge in [-0.1, -0.05) is 42.5 Å². The van der Waals surface area contributed by atoms with Gasteiger partial charge in [0.2, 0.25) is 0 Å². The molecule has 1 atom stereocenters. The molecule has 0 spiro atoms. The van der Waals surface area contributed by atoms with Crippen LogP contribution >= 0.6 is 0 Å². The topological polar surface area (TPSA) is 101 Å². The highest BCUT2D eigenvalue weighted by Crippen LogP contribution is 2.39. The van der Waals surface area contributed by atoms with Crippen molar-refractivity contribution in [2.45, 2.75) is 76.6 Å². The summed E-state index contributed by atoms with van der Waals surface area (Å²) in [6.07, 6.45) is 7.90. The van der Waals surface area contributed by atoms with Gasteiger partial charge in [-0.15, -0.1) is 10.2 Å². The molecule has 2 aromatic heterocycles. The molecular formula is C40H51N7O3. The van der Waals surface area contributed by atoms with Gasteiger partial charge in [-0.2, -0.15) is 0 Å². The van der Waals surface area contributed by atoms with E-state index in [1.165, 1.54) is 63.1 Å². The van der Waals surface area contributed by atoms with Crippen LogP contribution in [0.15, 0.2) is 60.7 Å². The summed E-state index contributed by atoms with van der Waals surface area (Å²) in [6, 6.07) is 21.0. The molecule has 10 nitrogen and oxygen atoms in total. The van der Waals surface area contributed by atoms with Crippen LogP contribution in [0.1, 0.15) is 68.3 Å². The minimum atomic E-state index is -0.177. The lowest BCUT2D eigenvalue weighted by Gasteiger charge is -2.46. The molecule has 50 heavy (non-hydrogen) atoms. The molecule has 10 heteroatoms. The van der Waals surface area contributed by atoms with Crippen LogP contribution < -0.4 is 0 Å². The molecule has 4 aliphatic heterocycles. The van der Waals surface area contributed by atoms with Gasteiger partial charge in [-0.25, -0.2) is 4.79 Å². The molecule has 0 aliphatic carbocycles. The first-order chi connectivity index (χ1) is 24.5. The number of aromatic amines is 1. The maximum Gasteiger partial charge on any atom is 0.410 e. The Bertz CT molecular complexity index is 1760. The quantitative estimate of drug-likeness (QED) is 0.238. The van der Waals surface area contributed by atoms with Crippen molar-refractivity contribution in [2.75, 3.05) is 52.4 Å².